The van der Waals surface area contributed by atoms with Gasteiger partial charge in [0.1, 0.15) is 0 Å². The zero-order valence-electron chi connectivity index (χ0n) is 14.9. The van der Waals surface area contributed by atoms with E-state index in [9.17, 15) is 0 Å². The van der Waals surface area contributed by atoms with Crippen LogP contribution in [0.5, 0.6) is 0 Å². The zero-order valence-corrected chi connectivity index (χ0v) is 17.9. The number of halogens is 4. The highest BCUT2D eigenvalue weighted by Gasteiger charge is 2.22. The lowest BCUT2D eigenvalue weighted by atomic mass is 9.83. The van der Waals surface area contributed by atoms with Crippen LogP contribution in [0.2, 0.25) is 20.1 Å². The number of hydrogen-bond acceptors (Lipinski definition) is 0. The van der Waals surface area contributed by atoms with Crippen molar-refractivity contribution < 1.29 is 0 Å². The van der Waals surface area contributed by atoms with E-state index >= 15 is 0 Å². The van der Waals surface area contributed by atoms with Gasteiger partial charge in [-0.05, 0) is 82.5 Å². The molecule has 0 heterocycles. The Morgan fingerprint density at radius 1 is 0.607 bits per heavy atom. The summed E-state index contributed by atoms with van der Waals surface area (Å²) in [6, 6.07) is 8.02. The fourth-order valence-electron chi connectivity index (χ4n) is 4.29. The lowest BCUT2D eigenvalue weighted by Crippen LogP contribution is -2.07. The summed E-state index contributed by atoms with van der Waals surface area (Å²) in [5.74, 6) is 0.195. The van der Waals surface area contributed by atoms with Gasteiger partial charge in [0, 0.05) is 5.92 Å². The Bertz CT molecular complexity index is 1130. The first kappa shape index (κ1) is 18.6. The topological polar surface area (TPSA) is 0 Å². The maximum absolute atomic E-state index is 6.30. The van der Waals surface area contributed by atoms with Crippen LogP contribution in [-0.4, -0.2) is 0 Å². The van der Waals surface area contributed by atoms with Crippen LogP contribution >= 0.6 is 46.4 Å². The zero-order chi connectivity index (χ0) is 19.4. The van der Waals surface area contributed by atoms with Gasteiger partial charge in [-0.3, -0.25) is 0 Å². The lowest BCUT2D eigenvalue weighted by molar-refractivity contribution is 0.959. The monoisotopic (exact) mass is 444 g/mol. The van der Waals surface area contributed by atoms with Crippen LogP contribution in [0.15, 0.2) is 71.4 Å². The molecule has 28 heavy (non-hydrogen) atoms. The highest BCUT2D eigenvalue weighted by atomic mass is 35.5. The first-order valence-corrected chi connectivity index (χ1v) is 10.7. The standard InChI is InChI=1S/C24H16Cl4/c25-21-9-17-7-14-2-1-13-5-16(4-3-15(14)8-18(17)10-22(21)26)20-12-24(28)23(27)11-19(20)6-13/h1-5,9-12,16H,6-8H2/b2-1-,4-3?. The van der Waals surface area contributed by atoms with Crippen LogP contribution in [0, 0.1) is 0 Å². The quantitative estimate of drug-likeness (QED) is 0.384. The van der Waals surface area contributed by atoms with Gasteiger partial charge in [-0.2, -0.15) is 0 Å². The summed E-state index contributed by atoms with van der Waals surface area (Å²) in [6.45, 7) is 0. The van der Waals surface area contributed by atoms with E-state index in [-0.39, 0.29) is 5.92 Å². The van der Waals surface area contributed by atoms with E-state index in [1.165, 1.54) is 39.0 Å². The normalized spacial score (nSPS) is 21.0. The van der Waals surface area contributed by atoms with Gasteiger partial charge in [0.2, 0.25) is 0 Å². The van der Waals surface area contributed by atoms with Crippen molar-refractivity contribution in [2.24, 2.45) is 0 Å². The molecule has 0 fully saturated rings. The number of fused-ring (bicyclic) bond motifs is 4. The number of hydrogen-bond donors (Lipinski definition) is 0. The van der Waals surface area contributed by atoms with Crippen LogP contribution in [0.4, 0.5) is 0 Å². The third-order valence-corrected chi connectivity index (χ3v) is 7.19. The molecule has 2 aromatic carbocycles. The Balaban J connectivity index is 1.57. The highest BCUT2D eigenvalue weighted by Crippen LogP contribution is 2.39. The van der Waals surface area contributed by atoms with Crippen molar-refractivity contribution in [1.82, 2.24) is 0 Å². The second-order valence-corrected chi connectivity index (χ2v) is 9.17. The van der Waals surface area contributed by atoms with E-state index in [2.05, 4.69) is 30.4 Å². The summed E-state index contributed by atoms with van der Waals surface area (Å²) in [7, 11) is 0. The van der Waals surface area contributed by atoms with Crippen molar-refractivity contribution in [3.05, 3.63) is 114 Å². The third kappa shape index (κ3) is 3.27. The number of benzene rings is 2. The minimum Gasteiger partial charge on any atom is -0.0827 e. The molecule has 0 radical (unpaired) electrons. The molecule has 0 spiro atoms. The van der Waals surface area contributed by atoms with Gasteiger partial charge in [0.25, 0.3) is 0 Å². The first-order chi connectivity index (χ1) is 13.5. The minimum absolute atomic E-state index is 0.195. The van der Waals surface area contributed by atoms with E-state index in [0.717, 1.165) is 19.3 Å². The summed E-state index contributed by atoms with van der Waals surface area (Å²) >= 11 is 25.1. The van der Waals surface area contributed by atoms with Crippen LogP contribution in [0.3, 0.4) is 0 Å². The van der Waals surface area contributed by atoms with E-state index in [4.69, 9.17) is 46.4 Å². The van der Waals surface area contributed by atoms with Crippen molar-refractivity contribution in [3.63, 3.8) is 0 Å². The molecule has 0 N–H and O–H groups in total. The number of allylic oxidation sites excluding steroid dienone is 8. The summed E-state index contributed by atoms with van der Waals surface area (Å²) < 4.78 is 0. The first-order valence-electron chi connectivity index (χ1n) is 9.21. The van der Waals surface area contributed by atoms with Gasteiger partial charge >= 0.3 is 0 Å². The van der Waals surface area contributed by atoms with Crippen LogP contribution in [0.25, 0.3) is 0 Å². The Labute approximate surface area is 184 Å². The average Bonchev–Trinajstić information content (AvgIpc) is 2.72. The van der Waals surface area contributed by atoms with E-state index in [1.54, 1.807) is 0 Å². The maximum atomic E-state index is 6.30. The van der Waals surface area contributed by atoms with Crippen LogP contribution in [0.1, 0.15) is 28.2 Å². The van der Waals surface area contributed by atoms with Crippen molar-refractivity contribution >= 4 is 46.4 Å². The predicted molar refractivity (Wildman–Crippen MR) is 120 cm³/mol. The fraction of sp³-hybridized carbons (Fsp3) is 0.167. The molecule has 0 nitrogen and oxygen atoms in total. The van der Waals surface area contributed by atoms with Crippen molar-refractivity contribution in [1.29, 1.82) is 0 Å². The molecule has 0 aliphatic heterocycles. The third-order valence-electron chi connectivity index (χ3n) is 5.75. The Morgan fingerprint density at radius 3 is 1.86 bits per heavy atom. The molecular weight excluding hydrogens is 430 g/mol. The van der Waals surface area contributed by atoms with Crippen LogP contribution in [-0.2, 0) is 19.3 Å². The van der Waals surface area contributed by atoms with Crippen molar-refractivity contribution in [2.45, 2.75) is 25.2 Å². The fourth-order valence-corrected chi connectivity index (χ4v) is 5.03. The molecule has 3 aliphatic carbocycles. The molecule has 5 rings (SSSR count). The Hall–Kier alpha value is -1.44. The SMILES string of the molecule is Clc1cc2c(cc1Cl)CC1=C(C=CC3C=C(/C=C\1)Cc1cc(Cl)c(Cl)cc13)C2. The molecule has 0 saturated heterocycles. The summed E-state index contributed by atoms with van der Waals surface area (Å²) in [4.78, 5) is 0. The van der Waals surface area contributed by atoms with E-state index in [0.29, 0.717) is 20.1 Å². The Kier molecular flexibility index (Phi) is 4.72. The second-order valence-electron chi connectivity index (χ2n) is 7.54. The highest BCUT2D eigenvalue weighted by molar-refractivity contribution is 6.42. The molecule has 0 aromatic heterocycles. The molecular formula is C24H16Cl4. The average molecular weight is 446 g/mol. The van der Waals surface area contributed by atoms with Crippen molar-refractivity contribution in [2.75, 3.05) is 0 Å². The minimum atomic E-state index is 0.195. The van der Waals surface area contributed by atoms with Gasteiger partial charge in [-0.25, -0.2) is 0 Å². The summed E-state index contributed by atoms with van der Waals surface area (Å²) in [5, 5.41) is 2.46. The summed E-state index contributed by atoms with van der Waals surface area (Å²) in [6.07, 6.45) is 13.9. The van der Waals surface area contributed by atoms with Gasteiger partial charge in [-0.15, -0.1) is 0 Å². The maximum Gasteiger partial charge on any atom is 0.0595 e. The van der Waals surface area contributed by atoms with Gasteiger partial charge in [-0.1, -0.05) is 76.8 Å². The van der Waals surface area contributed by atoms with E-state index < -0.39 is 0 Å². The van der Waals surface area contributed by atoms with Crippen LogP contribution < -0.4 is 0 Å². The predicted octanol–water partition coefficient (Wildman–Crippen LogP) is 8.09. The Morgan fingerprint density at radius 2 is 1.18 bits per heavy atom. The molecule has 1 unspecified atom stereocenters. The second kappa shape index (κ2) is 7.11. The molecule has 140 valence electrons. The lowest BCUT2D eigenvalue weighted by Gasteiger charge is -2.22. The molecule has 2 aromatic rings. The van der Waals surface area contributed by atoms with Gasteiger partial charge in [0.05, 0.1) is 20.1 Å². The summed E-state index contributed by atoms with van der Waals surface area (Å²) in [5.41, 5.74) is 8.94. The largest absolute Gasteiger partial charge is 0.0827 e. The molecule has 0 amide bonds. The number of rotatable bonds is 0. The van der Waals surface area contributed by atoms with E-state index in [1.807, 2.05) is 24.3 Å². The van der Waals surface area contributed by atoms with Crippen molar-refractivity contribution in [3.8, 4) is 0 Å². The van der Waals surface area contributed by atoms with Gasteiger partial charge in [0.15, 0.2) is 0 Å². The smallest absolute Gasteiger partial charge is 0.0595 e. The van der Waals surface area contributed by atoms with Gasteiger partial charge < -0.3 is 0 Å². The molecule has 4 heteroatoms. The molecule has 0 saturated carbocycles. The molecule has 3 aliphatic rings. The molecule has 1 atom stereocenters. The molecule has 2 bridgehead atoms.